The van der Waals surface area contributed by atoms with Crippen LogP contribution in [0.2, 0.25) is 0 Å². The molecule has 0 radical (unpaired) electrons. The van der Waals surface area contributed by atoms with Gasteiger partial charge in [-0.1, -0.05) is 18.2 Å². The van der Waals surface area contributed by atoms with Crippen molar-refractivity contribution in [2.45, 2.75) is 53.8 Å². The standard InChI is InChI=1S/C44H58N16O6/c1-7-51-32(20-26(3)45)40(63)54-43-52-30-22-28(38(46)61)24-34(65-6)36(30)58(43)17-9-10-18-59-37-31(53-44(59)55-41(64)33-21-27(4)56-60(33)8-2)23-29(39(47)62)25-35(37)66-19-12-11-15-57(42(48)49)16-13-14-50-5/h9-12,20-25,50H,7-8,13-19,45H2,1-6H3,(H2,46,61)(H2,47,62)(H3,48,49)(H,52,54,63)(H,53,55,64)/b10-9+,12-11+,26-20-,51-32?. The third-order valence-corrected chi connectivity index (χ3v) is 9.98. The summed E-state index contributed by atoms with van der Waals surface area (Å²) in [6.45, 7) is 9.85. The van der Waals surface area contributed by atoms with Crippen LogP contribution in [-0.4, -0.2) is 116 Å². The number of hydrogen-bond donors (Lipinski definition) is 8. The first-order chi connectivity index (χ1) is 31.6. The third kappa shape index (κ3) is 12.0. The van der Waals surface area contributed by atoms with Crippen LogP contribution in [0.4, 0.5) is 11.9 Å². The number of imidazole rings is 2. The molecular weight excluding hydrogens is 849 g/mol. The number of nitrogens with two attached hydrogens (primary N) is 4. The van der Waals surface area contributed by atoms with Gasteiger partial charge in [0.05, 0.1) is 23.8 Å². The molecule has 66 heavy (non-hydrogen) atoms. The highest BCUT2D eigenvalue weighted by Crippen LogP contribution is 2.33. The average Bonchev–Trinajstić information content (AvgIpc) is 3.95. The summed E-state index contributed by atoms with van der Waals surface area (Å²) in [4.78, 5) is 67.6. The van der Waals surface area contributed by atoms with Crippen molar-refractivity contribution in [3.05, 3.63) is 88.9 Å². The van der Waals surface area contributed by atoms with Gasteiger partial charge < -0.3 is 51.8 Å². The molecule has 0 bridgehead atoms. The number of guanidine groups is 1. The van der Waals surface area contributed by atoms with E-state index in [4.69, 9.17) is 42.8 Å². The Bertz CT molecular complexity index is 2740. The van der Waals surface area contributed by atoms with Crippen molar-refractivity contribution in [1.29, 1.82) is 5.41 Å². The van der Waals surface area contributed by atoms with Crippen molar-refractivity contribution in [2.75, 3.05) is 57.6 Å². The lowest BCUT2D eigenvalue weighted by Crippen LogP contribution is -2.38. The van der Waals surface area contributed by atoms with Crippen LogP contribution < -0.4 is 48.4 Å². The van der Waals surface area contributed by atoms with Crippen LogP contribution in [0.15, 0.2) is 71.4 Å². The Morgan fingerprint density at radius 2 is 1.47 bits per heavy atom. The quantitative estimate of drug-likeness (QED) is 0.0203. The molecule has 5 rings (SSSR count). The van der Waals surface area contributed by atoms with E-state index in [1.165, 1.54) is 37.5 Å². The maximum atomic E-state index is 13.8. The summed E-state index contributed by atoms with van der Waals surface area (Å²) in [7, 11) is 3.29. The van der Waals surface area contributed by atoms with Crippen molar-refractivity contribution < 1.29 is 28.7 Å². The molecule has 0 saturated heterocycles. The van der Waals surface area contributed by atoms with E-state index in [0.717, 1.165) is 13.0 Å². The number of carbonyl (C=O) groups excluding carboxylic acids is 4. The van der Waals surface area contributed by atoms with E-state index in [0.29, 0.717) is 65.3 Å². The first-order valence-corrected chi connectivity index (χ1v) is 21.1. The highest BCUT2D eigenvalue weighted by molar-refractivity contribution is 6.47. The minimum Gasteiger partial charge on any atom is -0.494 e. The highest BCUT2D eigenvalue weighted by atomic mass is 16.5. The van der Waals surface area contributed by atoms with Gasteiger partial charge in [0, 0.05) is 56.1 Å². The van der Waals surface area contributed by atoms with Crippen molar-refractivity contribution in [3.63, 3.8) is 0 Å². The number of benzene rings is 2. The number of anilines is 2. The highest BCUT2D eigenvalue weighted by Gasteiger charge is 2.23. The molecule has 2 aromatic carbocycles. The fourth-order valence-electron chi connectivity index (χ4n) is 6.95. The lowest BCUT2D eigenvalue weighted by atomic mass is 10.1. The van der Waals surface area contributed by atoms with Crippen LogP contribution in [0.5, 0.6) is 11.5 Å². The molecule has 4 amide bonds. The third-order valence-electron chi connectivity index (χ3n) is 9.98. The second-order valence-corrected chi connectivity index (χ2v) is 14.9. The first kappa shape index (κ1) is 49.0. The van der Waals surface area contributed by atoms with Crippen molar-refractivity contribution in [1.82, 2.24) is 39.1 Å². The van der Waals surface area contributed by atoms with E-state index < -0.39 is 23.6 Å². The van der Waals surface area contributed by atoms with E-state index in [-0.39, 0.29) is 65.9 Å². The molecule has 0 spiro atoms. The molecule has 5 aromatic rings. The molecule has 0 unspecified atom stereocenters. The molecule has 3 heterocycles. The number of aliphatic imine (C=N–C) groups is 1. The molecule has 12 N–H and O–H groups in total. The van der Waals surface area contributed by atoms with Crippen LogP contribution in [0.1, 0.15) is 64.1 Å². The topological polar surface area (TPSA) is 320 Å². The van der Waals surface area contributed by atoms with Gasteiger partial charge in [-0.15, -0.1) is 0 Å². The maximum absolute atomic E-state index is 13.8. The lowest BCUT2D eigenvalue weighted by molar-refractivity contribution is -0.110. The maximum Gasteiger partial charge on any atom is 0.276 e. The normalized spacial score (nSPS) is 12.1. The largest absolute Gasteiger partial charge is 0.494 e. The van der Waals surface area contributed by atoms with E-state index in [1.54, 1.807) is 63.8 Å². The summed E-state index contributed by atoms with van der Waals surface area (Å²) >= 11 is 0. The number of primary amides is 2. The number of aromatic nitrogens is 6. The summed E-state index contributed by atoms with van der Waals surface area (Å²) in [6.07, 6.45) is 9.45. The number of nitrogens with one attached hydrogen (secondary N) is 4. The van der Waals surface area contributed by atoms with Gasteiger partial charge in [0.1, 0.15) is 40.5 Å². The fraction of sp³-hybridized carbons (Fsp3) is 0.341. The number of hydrogen-bond acceptors (Lipinski definition) is 13. The van der Waals surface area contributed by atoms with E-state index >= 15 is 0 Å². The molecule has 22 nitrogen and oxygen atoms in total. The number of rotatable bonds is 23. The number of carbonyl (C=O) groups is 4. The molecule has 0 aliphatic rings. The number of ether oxygens (including phenoxy) is 2. The molecular formula is C44H58N16O6. The van der Waals surface area contributed by atoms with Crippen LogP contribution in [0.25, 0.3) is 22.1 Å². The summed E-state index contributed by atoms with van der Waals surface area (Å²) < 4.78 is 16.9. The zero-order chi connectivity index (χ0) is 48.1. The lowest BCUT2D eigenvalue weighted by Gasteiger charge is -2.20. The van der Waals surface area contributed by atoms with E-state index in [2.05, 4.69) is 31.0 Å². The summed E-state index contributed by atoms with van der Waals surface area (Å²) in [5.41, 5.74) is 26.3. The number of amides is 4. The van der Waals surface area contributed by atoms with Gasteiger partial charge in [0.25, 0.3) is 11.8 Å². The predicted octanol–water partition coefficient (Wildman–Crippen LogP) is 2.63. The molecule has 0 atom stereocenters. The second-order valence-electron chi connectivity index (χ2n) is 14.9. The van der Waals surface area contributed by atoms with Gasteiger partial charge in [-0.05, 0) is 90.2 Å². The van der Waals surface area contributed by atoms with Gasteiger partial charge in [0.2, 0.25) is 23.7 Å². The monoisotopic (exact) mass is 906 g/mol. The van der Waals surface area contributed by atoms with Crippen LogP contribution >= 0.6 is 0 Å². The van der Waals surface area contributed by atoms with E-state index in [9.17, 15) is 19.2 Å². The van der Waals surface area contributed by atoms with E-state index in [1.807, 2.05) is 20.0 Å². The Kier molecular flexibility index (Phi) is 16.8. The van der Waals surface area contributed by atoms with Crippen LogP contribution in [-0.2, 0) is 24.4 Å². The Balaban J connectivity index is 1.56. The van der Waals surface area contributed by atoms with Crippen LogP contribution in [0, 0.1) is 12.3 Å². The second kappa shape index (κ2) is 22.6. The number of methoxy groups -OCH3 is 1. The fourth-order valence-corrected chi connectivity index (χ4v) is 6.95. The molecule has 0 aliphatic carbocycles. The van der Waals surface area contributed by atoms with Crippen LogP contribution in [0.3, 0.4) is 0 Å². The average molecular weight is 907 g/mol. The minimum atomic E-state index is -0.714. The molecule has 350 valence electrons. The predicted molar refractivity (Wildman–Crippen MR) is 254 cm³/mol. The molecule has 0 aliphatic heterocycles. The Hall–Kier alpha value is -8.01. The van der Waals surface area contributed by atoms with Crippen molar-refractivity contribution in [3.8, 4) is 11.5 Å². The molecule has 0 fully saturated rings. The summed E-state index contributed by atoms with van der Waals surface area (Å²) in [5, 5.41) is 21.2. The van der Waals surface area contributed by atoms with Crippen molar-refractivity contribution in [2.24, 2.45) is 27.9 Å². The molecule has 0 saturated carbocycles. The zero-order valence-electron chi connectivity index (χ0n) is 38.0. The molecule has 3 aromatic heterocycles. The summed E-state index contributed by atoms with van der Waals surface area (Å²) in [6, 6.07) is 7.69. The van der Waals surface area contributed by atoms with Gasteiger partial charge in [-0.2, -0.15) is 5.10 Å². The zero-order valence-corrected chi connectivity index (χ0v) is 38.0. The Morgan fingerprint density at radius 1 is 0.864 bits per heavy atom. The number of fused-ring (bicyclic) bond motifs is 2. The first-order valence-electron chi connectivity index (χ1n) is 21.1. The SMILES string of the molecule is CCN=C(/C=C(/C)N)C(=O)Nc1nc2cc(C(N)=O)cc(OC)c2n1C/C=C/Cn1c(NC(=O)c2cc(C)nn2CC)nc2cc(C(N)=O)cc(OC/C=C/CN(CCCNC)C(=N)N)c21. The van der Waals surface area contributed by atoms with Gasteiger partial charge in [-0.3, -0.25) is 44.9 Å². The number of nitrogens with zero attached hydrogens (tertiary/aromatic N) is 8. The smallest absolute Gasteiger partial charge is 0.276 e. The minimum absolute atomic E-state index is 0.0552. The number of aryl methyl sites for hydroxylation is 2. The van der Waals surface area contributed by atoms with Crippen molar-refractivity contribution >= 4 is 69.3 Å². The Labute approximate surface area is 381 Å². The number of allylic oxidation sites excluding steroid dienone is 3. The van der Waals surface area contributed by atoms with Gasteiger partial charge >= 0.3 is 0 Å². The van der Waals surface area contributed by atoms with Gasteiger partial charge in [-0.25, -0.2) is 9.97 Å². The molecule has 22 heteroatoms. The van der Waals surface area contributed by atoms with Gasteiger partial charge in [0.15, 0.2) is 5.96 Å². The summed E-state index contributed by atoms with van der Waals surface area (Å²) in [5.74, 6) is -1.73. The Morgan fingerprint density at radius 3 is 2.02 bits per heavy atom.